The average molecular weight is 772 g/mol. The lowest BCUT2D eigenvalue weighted by molar-refractivity contribution is 0.100. The molecule has 1 aromatic heterocycles. The van der Waals surface area contributed by atoms with E-state index in [1.54, 1.807) is 0 Å². The number of fused-ring (bicyclic) bond motifs is 3. The third-order valence-electron chi connectivity index (χ3n) is 8.54. The molecule has 0 saturated carbocycles. The lowest BCUT2D eigenvalue weighted by Crippen LogP contribution is -2.22. The minimum absolute atomic E-state index is 0.321. The molecule has 272 valence electrons. The van der Waals surface area contributed by atoms with Gasteiger partial charge < -0.3 is 22.4 Å². The van der Waals surface area contributed by atoms with Crippen LogP contribution in [-0.2, 0) is 15.6 Å². The number of hydrogen-bond acceptors (Lipinski definition) is 6. The second kappa shape index (κ2) is 14.3. The van der Waals surface area contributed by atoms with E-state index in [1.807, 2.05) is 45.9 Å². The zero-order chi connectivity index (χ0) is 37.8. The number of aryl methyl sites for hydroxylation is 6. The van der Waals surface area contributed by atoms with Crippen molar-refractivity contribution in [2.75, 3.05) is 6.61 Å². The monoisotopic (exact) mass is 770 g/mol. The van der Waals surface area contributed by atoms with E-state index < -0.39 is 30.2 Å². The Kier molecular flexibility index (Phi) is 10.9. The lowest BCUT2D eigenvalue weighted by atomic mass is 9.80. The summed E-state index contributed by atoms with van der Waals surface area (Å²) in [7, 11) is -2.04. The Bertz CT molecular complexity index is 2130. The molecule has 5 rings (SSSR count). The maximum Gasteiger partial charge on any atom is 0.514 e. The van der Waals surface area contributed by atoms with Crippen molar-refractivity contribution in [3.05, 3.63) is 93.0 Å². The third kappa shape index (κ3) is 8.86. The van der Waals surface area contributed by atoms with E-state index in [0.29, 0.717) is 33.8 Å². The van der Waals surface area contributed by atoms with Gasteiger partial charge in [0.05, 0.1) is 0 Å². The standard InChI is InChI=1S/C41H46Cl3O6P/c1-22-13-26(5)34-28(15-22)29-16-23(2)14-27(6)35(29)49-51(48-34)50-37-31(18-25(4)20-33(37)40(10,11)12)30-17-24(3)19-32(39(7,8)9)36(30)47-38(45)46-21-41(42,43)44/h13-20H,21H2,1-12H3. The molecular formula is C41H46Cl3O6P. The smallest absolute Gasteiger partial charge is 0.429 e. The molecule has 0 unspecified atom stereocenters. The molecule has 1 heterocycles. The van der Waals surface area contributed by atoms with Crippen molar-refractivity contribution in [2.45, 2.75) is 97.7 Å². The Morgan fingerprint density at radius 3 is 1.47 bits per heavy atom. The third-order valence-corrected chi connectivity index (χ3v) is 9.86. The highest BCUT2D eigenvalue weighted by molar-refractivity contribution is 7.32. The van der Waals surface area contributed by atoms with Gasteiger partial charge in [-0.2, -0.15) is 0 Å². The maximum absolute atomic E-state index is 13.2. The van der Waals surface area contributed by atoms with Gasteiger partial charge in [-0.15, -0.1) is 0 Å². The first-order chi connectivity index (χ1) is 23.5. The predicted octanol–water partition coefficient (Wildman–Crippen LogP) is 14.1. The molecule has 0 radical (unpaired) electrons. The van der Waals surface area contributed by atoms with Crippen LogP contribution in [0.1, 0.15) is 86.1 Å². The Hall–Kier alpha value is -3.28. The van der Waals surface area contributed by atoms with Crippen LogP contribution in [0, 0.1) is 41.5 Å². The summed E-state index contributed by atoms with van der Waals surface area (Å²) in [5.74, 6) is 0.880. The minimum atomic E-state index is -2.04. The summed E-state index contributed by atoms with van der Waals surface area (Å²) in [4.78, 5) is 13.2. The SMILES string of the molecule is Cc1cc(-c2cc(C)cc(C(C)(C)C)c2Op2oc3c(C)cc(C)cc3c3cc(C)cc(C)c3o2)c(OC(=O)OCC(Cl)(Cl)Cl)c(C(C)(C)C)c1. The highest BCUT2D eigenvalue weighted by Gasteiger charge is 2.31. The van der Waals surface area contributed by atoms with Crippen molar-refractivity contribution in [3.63, 3.8) is 0 Å². The van der Waals surface area contributed by atoms with Crippen LogP contribution < -0.4 is 9.26 Å². The van der Waals surface area contributed by atoms with Crippen LogP contribution in [0.2, 0.25) is 0 Å². The zero-order valence-corrected chi connectivity index (χ0v) is 34.5. The fraction of sp³-hybridized carbons (Fsp3) is 0.390. The number of ether oxygens (including phenoxy) is 2. The van der Waals surface area contributed by atoms with Crippen LogP contribution in [0.5, 0.6) is 11.5 Å². The Morgan fingerprint density at radius 2 is 1.04 bits per heavy atom. The largest absolute Gasteiger partial charge is 0.514 e. The van der Waals surface area contributed by atoms with E-state index in [0.717, 1.165) is 55.3 Å². The predicted molar refractivity (Wildman–Crippen MR) is 212 cm³/mol. The lowest BCUT2D eigenvalue weighted by Gasteiger charge is -2.28. The van der Waals surface area contributed by atoms with E-state index in [2.05, 4.69) is 85.7 Å². The molecule has 0 aliphatic rings. The number of alkyl halides is 3. The summed E-state index contributed by atoms with van der Waals surface area (Å²) in [6, 6.07) is 16.6. The van der Waals surface area contributed by atoms with Gasteiger partial charge in [-0.05, 0) is 110 Å². The number of carbonyl (C=O) groups excluding carboxylic acids is 1. The summed E-state index contributed by atoms with van der Waals surface area (Å²) in [5, 5.41) is 1.92. The van der Waals surface area contributed by atoms with Crippen molar-refractivity contribution in [1.82, 2.24) is 0 Å². The van der Waals surface area contributed by atoms with Crippen LogP contribution in [0.4, 0.5) is 4.79 Å². The molecule has 0 bridgehead atoms. The first-order valence-corrected chi connectivity index (χ1v) is 19.0. The van der Waals surface area contributed by atoms with Gasteiger partial charge in [0, 0.05) is 33.0 Å². The molecule has 0 spiro atoms. The average Bonchev–Trinajstić information content (AvgIpc) is 3.13. The molecule has 4 aromatic carbocycles. The Balaban J connectivity index is 1.85. The fourth-order valence-electron chi connectivity index (χ4n) is 6.35. The van der Waals surface area contributed by atoms with Crippen LogP contribution in [0.3, 0.4) is 0 Å². The number of hydrogen-bond donors (Lipinski definition) is 0. The summed E-state index contributed by atoms with van der Waals surface area (Å²) in [6.07, 6.45) is -0.993. The number of carbonyl (C=O) groups is 1. The van der Waals surface area contributed by atoms with Gasteiger partial charge in [-0.3, -0.25) is 0 Å². The van der Waals surface area contributed by atoms with Gasteiger partial charge in [-0.1, -0.05) is 101 Å². The minimum Gasteiger partial charge on any atom is -0.429 e. The molecule has 0 aliphatic heterocycles. The van der Waals surface area contributed by atoms with Crippen molar-refractivity contribution in [2.24, 2.45) is 0 Å². The molecule has 0 amide bonds. The second-order valence-corrected chi connectivity index (χ2v) is 19.1. The summed E-state index contributed by atoms with van der Waals surface area (Å²) >= 11 is 17.7. The maximum atomic E-state index is 13.2. The van der Waals surface area contributed by atoms with Crippen molar-refractivity contribution >= 4 is 71.1 Å². The quantitative estimate of drug-likeness (QED) is 0.101. The van der Waals surface area contributed by atoms with Crippen LogP contribution in [-0.4, -0.2) is 16.6 Å². The van der Waals surface area contributed by atoms with E-state index in [4.69, 9.17) is 57.2 Å². The number of rotatable bonds is 5. The molecule has 0 atom stereocenters. The first kappa shape index (κ1) is 38.9. The molecular weight excluding hydrogens is 726 g/mol. The molecule has 0 fully saturated rings. The Morgan fingerprint density at radius 1 is 0.627 bits per heavy atom. The first-order valence-electron chi connectivity index (χ1n) is 16.8. The second-order valence-electron chi connectivity index (χ2n) is 15.5. The van der Waals surface area contributed by atoms with Gasteiger partial charge in [0.1, 0.15) is 29.3 Å². The van der Waals surface area contributed by atoms with Crippen LogP contribution in [0.15, 0.2) is 56.9 Å². The van der Waals surface area contributed by atoms with Gasteiger partial charge in [-0.25, -0.2) is 4.79 Å². The number of halogens is 3. The fourth-order valence-corrected chi connectivity index (χ4v) is 7.76. The molecule has 51 heavy (non-hydrogen) atoms. The van der Waals surface area contributed by atoms with Gasteiger partial charge in [0.25, 0.3) is 0 Å². The molecule has 0 aliphatic carbocycles. The normalized spacial score (nSPS) is 12.4. The Labute approximate surface area is 316 Å². The van der Waals surface area contributed by atoms with E-state index >= 15 is 0 Å². The summed E-state index contributed by atoms with van der Waals surface area (Å²) < 4.78 is 30.0. The molecule has 10 heteroatoms. The molecule has 0 saturated heterocycles. The van der Waals surface area contributed by atoms with Crippen molar-refractivity contribution in [1.29, 1.82) is 0 Å². The highest BCUT2D eigenvalue weighted by Crippen LogP contribution is 2.50. The highest BCUT2D eigenvalue weighted by atomic mass is 35.6. The number of benzene rings is 4. The van der Waals surface area contributed by atoms with E-state index in [1.165, 1.54) is 0 Å². The van der Waals surface area contributed by atoms with Crippen molar-refractivity contribution < 1.29 is 27.2 Å². The topological polar surface area (TPSA) is 71.0 Å². The zero-order valence-electron chi connectivity index (χ0n) is 31.4. The summed E-state index contributed by atoms with van der Waals surface area (Å²) in [6.45, 7) is 24.4. The van der Waals surface area contributed by atoms with Crippen molar-refractivity contribution in [3.8, 4) is 22.6 Å². The van der Waals surface area contributed by atoms with Gasteiger partial charge >= 0.3 is 14.4 Å². The van der Waals surface area contributed by atoms with Crippen LogP contribution >= 0.6 is 43.0 Å². The van der Waals surface area contributed by atoms with Gasteiger partial charge in [0.15, 0.2) is 0 Å². The van der Waals surface area contributed by atoms with Gasteiger partial charge in [0.2, 0.25) is 3.79 Å². The van der Waals surface area contributed by atoms with Crippen LogP contribution in [0.25, 0.3) is 33.1 Å². The summed E-state index contributed by atoms with van der Waals surface area (Å²) in [5.41, 5.74) is 9.87. The van der Waals surface area contributed by atoms with E-state index in [-0.39, 0.29) is 5.41 Å². The molecule has 5 aromatic rings. The molecule has 0 N–H and O–H groups in total. The van der Waals surface area contributed by atoms with E-state index in [9.17, 15) is 4.79 Å². The molecule has 6 nitrogen and oxygen atoms in total.